The van der Waals surface area contributed by atoms with Gasteiger partial charge in [0.05, 0.1) is 6.21 Å². The molecule has 0 unspecified atom stereocenters. The molecule has 0 atom stereocenters. The fraction of sp³-hybridized carbons (Fsp3) is 0.125. The highest BCUT2D eigenvalue weighted by Gasteiger charge is 2.10. The lowest BCUT2D eigenvalue weighted by Crippen LogP contribution is -2.01. The quantitative estimate of drug-likeness (QED) is 0.166. The number of aromatic nitrogens is 3. The van der Waals surface area contributed by atoms with Gasteiger partial charge in [-0.15, -0.1) is 10.2 Å². The molecule has 5 nitrogen and oxygen atoms in total. The average Bonchev–Trinajstić information content (AvgIpc) is 3.16. The summed E-state index contributed by atoms with van der Waals surface area (Å²) in [6, 6.07) is 21.3. The van der Waals surface area contributed by atoms with Gasteiger partial charge in [0, 0.05) is 31.4 Å². The molecule has 1 heterocycles. The van der Waals surface area contributed by atoms with Crippen LogP contribution in [0.1, 0.15) is 22.5 Å². The van der Waals surface area contributed by atoms with Crippen LogP contribution in [-0.2, 0) is 12.4 Å². The molecule has 0 aliphatic rings. The molecule has 0 aliphatic carbocycles. The van der Waals surface area contributed by atoms with Gasteiger partial charge in [-0.3, -0.25) is 0 Å². The van der Waals surface area contributed by atoms with Gasteiger partial charge in [-0.2, -0.15) is 9.78 Å². The summed E-state index contributed by atoms with van der Waals surface area (Å²) in [5, 5.41) is 15.0. The molecule has 4 rings (SSSR count). The Balaban J connectivity index is 1.48. The number of ether oxygens (including phenoxy) is 1. The van der Waals surface area contributed by atoms with Crippen LogP contribution < -0.4 is 4.74 Å². The number of hydrogen-bond acceptors (Lipinski definition) is 5. The second-order valence-electron chi connectivity index (χ2n) is 7.06. The number of halogens is 3. The fourth-order valence-corrected chi connectivity index (χ4v) is 4.54. The van der Waals surface area contributed by atoms with E-state index in [9.17, 15) is 0 Å². The molecule has 4 aromatic rings. The molecule has 0 spiro atoms. The molecule has 0 aliphatic heterocycles. The summed E-state index contributed by atoms with van der Waals surface area (Å²) in [7, 11) is 0. The molecule has 0 saturated carbocycles. The standard InChI is InChI=1S/C24H19BrCl2N4OS/c1-16-29-30-24(33-15-17-6-9-20(25)10-7-17)31(16)28-13-18-4-2-3-5-23(18)32-14-19-8-11-21(26)12-22(19)27/h2-13H,14-15H2,1H3/b28-13+. The van der Waals surface area contributed by atoms with Gasteiger partial charge in [-0.05, 0) is 48.9 Å². The molecule has 0 radical (unpaired) electrons. The second-order valence-corrected chi connectivity index (χ2v) is 9.77. The van der Waals surface area contributed by atoms with Crippen LogP contribution in [0.5, 0.6) is 5.75 Å². The molecule has 3 aromatic carbocycles. The van der Waals surface area contributed by atoms with Crippen LogP contribution in [0.4, 0.5) is 0 Å². The highest BCUT2D eigenvalue weighted by molar-refractivity contribution is 9.10. The number of aryl methyl sites for hydroxylation is 1. The highest BCUT2D eigenvalue weighted by atomic mass is 79.9. The maximum absolute atomic E-state index is 6.27. The normalized spacial score (nSPS) is 11.3. The lowest BCUT2D eigenvalue weighted by atomic mass is 10.2. The Morgan fingerprint density at radius 2 is 1.85 bits per heavy atom. The van der Waals surface area contributed by atoms with E-state index in [1.807, 2.05) is 49.4 Å². The summed E-state index contributed by atoms with van der Waals surface area (Å²) in [6.07, 6.45) is 1.75. The number of hydrogen-bond donors (Lipinski definition) is 0. The van der Waals surface area contributed by atoms with Gasteiger partial charge in [0.1, 0.15) is 12.4 Å². The Kier molecular flexibility index (Phi) is 8.09. The average molecular weight is 562 g/mol. The predicted octanol–water partition coefficient (Wildman–Crippen LogP) is 7.41. The molecule has 33 heavy (non-hydrogen) atoms. The van der Waals surface area contributed by atoms with Gasteiger partial charge >= 0.3 is 0 Å². The van der Waals surface area contributed by atoms with E-state index >= 15 is 0 Å². The summed E-state index contributed by atoms with van der Waals surface area (Å²) in [4.78, 5) is 0. The predicted molar refractivity (Wildman–Crippen MR) is 139 cm³/mol. The molecule has 0 saturated heterocycles. The van der Waals surface area contributed by atoms with Crippen LogP contribution in [0.15, 0.2) is 81.5 Å². The van der Waals surface area contributed by atoms with E-state index in [0.29, 0.717) is 28.2 Å². The first-order chi connectivity index (χ1) is 16.0. The molecule has 0 bridgehead atoms. The summed E-state index contributed by atoms with van der Waals surface area (Å²) < 4.78 is 8.81. The van der Waals surface area contributed by atoms with Crippen molar-refractivity contribution in [1.82, 2.24) is 14.9 Å². The van der Waals surface area contributed by atoms with Gasteiger partial charge < -0.3 is 4.74 Å². The van der Waals surface area contributed by atoms with Crippen molar-refractivity contribution in [1.29, 1.82) is 0 Å². The van der Waals surface area contributed by atoms with Crippen molar-refractivity contribution in [3.8, 4) is 5.75 Å². The molecular weight excluding hydrogens is 543 g/mol. The number of thioether (sulfide) groups is 1. The van der Waals surface area contributed by atoms with E-state index in [2.05, 4.69) is 43.4 Å². The second kappa shape index (κ2) is 11.2. The Hall–Kier alpha value is -2.32. The zero-order valence-corrected chi connectivity index (χ0v) is 21.5. The third-order valence-corrected chi connectivity index (χ3v) is 6.78. The number of nitrogens with zero attached hydrogens (tertiary/aromatic N) is 4. The largest absolute Gasteiger partial charge is 0.488 e. The summed E-state index contributed by atoms with van der Waals surface area (Å²) in [5.74, 6) is 2.17. The minimum Gasteiger partial charge on any atom is -0.488 e. The van der Waals surface area contributed by atoms with Gasteiger partial charge in [-0.1, -0.05) is 81.2 Å². The SMILES string of the molecule is Cc1nnc(SCc2ccc(Br)cc2)n1/N=C/c1ccccc1OCc1ccc(Cl)cc1Cl. The van der Waals surface area contributed by atoms with Crippen LogP contribution in [0.25, 0.3) is 0 Å². The van der Waals surface area contributed by atoms with E-state index in [4.69, 9.17) is 27.9 Å². The zero-order valence-electron chi connectivity index (χ0n) is 17.6. The van der Waals surface area contributed by atoms with Crippen molar-refractivity contribution in [3.05, 3.63) is 104 Å². The van der Waals surface area contributed by atoms with Gasteiger partial charge in [0.15, 0.2) is 5.82 Å². The molecule has 9 heteroatoms. The van der Waals surface area contributed by atoms with Crippen LogP contribution in [0, 0.1) is 6.92 Å². The molecule has 0 N–H and O–H groups in total. The minimum atomic E-state index is 0.320. The summed E-state index contributed by atoms with van der Waals surface area (Å²) in [6.45, 7) is 2.19. The molecule has 0 amide bonds. The van der Waals surface area contributed by atoms with Crippen LogP contribution in [0.2, 0.25) is 10.0 Å². The summed E-state index contributed by atoms with van der Waals surface area (Å²) in [5.41, 5.74) is 2.88. The third-order valence-electron chi connectivity index (χ3n) is 4.68. The number of rotatable bonds is 8. The van der Waals surface area contributed by atoms with Crippen molar-refractivity contribution >= 4 is 57.1 Å². The van der Waals surface area contributed by atoms with E-state index in [1.165, 1.54) is 5.56 Å². The Labute approximate surface area is 214 Å². The van der Waals surface area contributed by atoms with Crippen molar-refractivity contribution in [3.63, 3.8) is 0 Å². The lowest BCUT2D eigenvalue weighted by Gasteiger charge is -2.10. The first kappa shape index (κ1) is 23.8. The van der Waals surface area contributed by atoms with E-state index in [0.717, 1.165) is 26.5 Å². The first-order valence-electron chi connectivity index (χ1n) is 9.99. The number of para-hydroxylation sites is 1. The van der Waals surface area contributed by atoms with Crippen molar-refractivity contribution < 1.29 is 4.74 Å². The first-order valence-corrected chi connectivity index (χ1v) is 12.5. The Morgan fingerprint density at radius 3 is 2.64 bits per heavy atom. The monoisotopic (exact) mass is 560 g/mol. The third kappa shape index (κ3) is 6.38. The Morgan fingerprint density at radius 1 is 1.06 bits per heavy atom. The molecule has 0 fully saturated rings. The van der Waals surface area contributed by atoms with Crippen molar-refractivity contribution in [2.75, 3.05) is 0 Å². The maximum Gasteiger partial charge on any atom is 0.212 e. The highest BCUT2D eigenvalue weighted by Crippen LogP contribution is 2.25. The van der Waals surface area contributed by atoms with Crippen molar-refractivity contribution in [2.24, 2.45) is 5.10 Å². The smallest absolute Gasteiger partial charge is 0.212 e. The molecule has 1 aromatic heterocycles. The van der Waals surface area contributed by atoms with Gasteiger partial charge in [-0.25, -0.2) is 0 Å². The Bertz CT molecular complexity index is 1280. The van der Waals surface area contributed by atoms with Crippen LogP contribution in [0.3, 0.4) is 0 Å². The van der Waals surface area contributed by atoms with E-state index in [1.54, 1.807) is 34.8 Å². The molecular formula is C24H19BrCl2N4OS. The maximum atomic E-state index is 6.27. The number of benzene rings is 3. The van der Waals surface area contributed by atoms with Gasteiger partial charge in [0.25, 0.3) is 0 Å². The van der Waals surface area contributed by atoms with Crippen molar-refractivity contribution in [2.45, 2.75) is 24.4 Å². The summed E-state index contributed by atoms with van der Waals surface area (Å²) >= 11 is 17.3. The van der Waals surface area contributed by atoms with Crippen LogP contribution in [-0.4, -0.2) is 21.1 Å². The van der Waals surface area contributed by atoms with Gasteiger partial charge in [0.2, 0.25) is 5.16 Å². The minimum absolute atomic E-state index is 0.320. The van der Waals surface area contributed by atoms with E-state index in [-0.39, 0.29) is 0 Å². The topological polar surface area (TPSA) is 52.3 Å². The van der Waals surface area contributed by atoms with Crippen LogP contribution >= 0.6 is 50.9 Å². The van der Waals surface area contributed by atoms with E-state index < -0.39 is 0 Å². The fourth-order valence-electron chi connectivity index (χ4n) is 2.92. The molecule has 168 valence electrons. The zero-order chi connectivity index (χ0) is 23.2. The lowest BCUT2D eigenvalue weighted by molar-refractivity contribution is 0.306.